The highest BCUT2D eigenvalue weighted by Gasteiger charge is 2.28. The molecule has 1 aromatic heterocycles. The van der Waals surface area contributed by atoms with Crippen molar-refractivity contribution in [1.82, 2.24) is 9.88 Å². The Morgan fingerprint density at radius 1 is 0.972 bits per heavy atom. The number of aromatic nitrogens is 1. The summed E-state index contributed by atoms with van der Waals surface area (Å²) in [6.45, 7) is 6.06. The maximum Gasteiger partial charge on any atom is 0.335 e. The molecule has 0 saturated heterocycles. The number of nitrogens with one attached hydrogen (secondary N) is 1. The van der Waals surface area contributed by atoms with Gasteiger partial charge in [-0.05, 0) is 47.7 Å². The number of carboxylic acids is 1. The summed E-state index contributed by atoms with van der Waals surface area (Å²) in [5, 5.41) is 13.1. The topological polar surface area (TPSA) is 71.3 Å². The maximum atomic E-state index is 13.7. The second-order valence-corrected chi connectivity index (χ2v) is 9.09. The summed E-state index contributed by atoms with van der Waals surface area (Å²) in [5.74, 6) is -3.40. The molecule has 0 aliphatic rings. The Morgan fingerprint density at radius 3 is 2.31 bits per heavy atom. The molecule has 5 nitrogen and oxygen atoms in total. The van der Waals surface area contributed by atoms with Gasteiger partial charge in [0, 0.05) is 17.6 Å². The van der Waals surface area contributed by atoms with Crippen LogP contribution in [0.4, 0.5) is 8.78 Å². The standard InChI is InChI=1S/C29H28F2N2O3/c1-4-24(19-8-6-5-7-9-19)33-25-15-20(29(35)36)11-12-21(25)26(27(33)17(2)3)28(34)32-16-18-10-13-22(30)23(31)14-18/h5-15,17,24H,4,16H2,1-3H3,(H,32,34)(H,35,36). The summed E-state index contributed by atoms with van der Waals surface area (Å²) in [6.07, 6.45) is 0.723. The van der Waals surface area contributed by atoms with Crippen LogP contribution in [0.2, 0.25) is 0 Å². The summed E-state index contributed by atoms with van der Waals surface area (Å²) < 4.78 is 29.1. The number of amides is 1. The Labute approximate surface area is 208 Å². The van der Waals surface area contributed by atoms with Crippen LogP contribution in [-0.4, -0.2) is 21.6 Å². The van der Waals surface area contributed by atoms with E-state index in [0.29, 0.717) is 22.0 Å². The monoisotopic (exact) mass is 490 g/mol. The molecule has 7 heteroatoms. The van der Waals surface area contributed by atoms with Crippen molar-refractivity contribution in [3.63, 3.8) is 0 Å². The third kappa shape index (κ3) is 4.73. The molecule has 1 heterocycles. The number of hydrogen-bond acceptors (Lipinski definition) is 2. The smallest absolute Gasteiger partial charge is 0.335 e. The number of hydrogen-bond donors (Lipinski definition) is 2. The van der Waals surface area contributed by atoms with Gasteiger partial charge in [-0.3, -0.25) is 4.79 Å². The van der Waals surface area contributed by atoms with Gasteiger partial charge >= 0.3 is 5.97 Å². The second kappa shape index (κ2) is 10.3. The van der Waals surface area contributed by atoms with E-state index in [1.54, 1.807) is 12.1 Å². The Bertz CT molecular complexity index is 1430. The summed E-state index contributed by atoms with van der Waals surface area (Å²) in [5.41, 5.74) is 3.51. The van der Waals surface area contributed by atoms with Crippen molar-refractivity contribution < 1.29 is 23.5 Å². The van der Waals surface area contributed by atoms with Crippen LogP contribution < -0.4 is 5.32 Å². The largest absolute Gasteiger partial charge is 0.478 e. The lowest BCUT2D eigenvalue weighted by molar-refractivity contribution is 0.0696. The molecule has 0 aliphatic carbocycles. The van der Waals surface area contributed by atoms with Gasteiger partial charge in [0.25, 0.3) is 5.91 Å². The fourth-order valence-electron chi connectivity index (χ4n) is 4.77. The summed E-state index contributed by atoms with van der Waals surface area (Å²) in [6, 6.07) is 18.1. The van der Waals surface area contributed by atoms with Crippen molar-refractivity contribution in [3.05, 3.63) is 106 Å². The van der Waals surface area contributed by atoms with E-state index in [2.05, 4.69) is 16.8 Å². The third-order valence-electron chi connectivity index (χ3n) is 6.38. The fourth-order valence-corrected chi connectivity index (χ4v) is 4.77. The van der Waals surface area contributed by atoms with E-state index in [1.807, 2.05) is 44.2 Å². The van der Waals surface area contributed by atoms with Gasteiger partial charge in [-0.25, -0.2) is 13.6 Å². The molecule has 1 unspecified atom stereocenters. The van der Waals surface area contributed by atoms with E-state index in [4.69, 9.17) is 0 Å². The molecule has 4 aromatic rings. The number of benzene rings is 3. The van der Waals surface area contributed by atoms with Crippen LogP contribution in [0.15, 0.2) is 66.7 Å². The van der Waals surface area contributed by atoms with Crippen LogP contribution in [0.25, 0.3) is 10.9 Å². The Morgan fingerprint density at radius 2 is 1.69 bits per heavy atom. The molecule has 4 rings (SSSR count). The lowest BCUT2D eigenvalue weighted by Crippen LogP contribution is -2.25. The highest BCUT2D eigenvalue weighted by molar-refractivity contribution is 6.10. The first kappa shape index (κ1) is 25.1. The minimum absolute atomic E-state index is 0.0172. The zero-order valence-electron chi connectivity index (χ0n) is 20.4. The normalized spacial score (nSPS) is 12.2. The maximum absolute atomic E-state index is 13.7. The first-order valence-electron chi connectivity index (χ1n) is 11.9. The van der Waals surface area contributed by atoms with Gasteiger partial charge in [-0.2, -0.15) is 0 Å². The molecule has 0 aliphatic heterocycles. The zero-order chi connectivity index (χ0) is 26.0. The first-order valence-corrected chi connectivity index (χ1v) is 11.9. The van der Waals surface area contributed by atoms with E-state index >= 15 is 0 Å². The number of carboxylic acid groups (broad SMARTS) is 1. The minimum Gasteiger partial charge on any atom is -0.478 e. The van der Waals surface area contributed by atoms with Gasteiger partial charge in [0.1, 0.15) is 0 Å². The Hall–Kier alpha value is -4.00. The molecular weight excluding hydrogens is 462 g/mol. The quantitative estimate of drug-likeness (QED) is 0.290. The molecule has 3 aromatic carbocycles. The van der Waals surface area contributed by atoms with Crippen molar-refractivity contribution in [1.29, 1.82) is 0 Å². The average Bonchev–Trinajstić information content (AvgIpc) is 3.20. The second-order valence-electron chi connectivity index (χ2n) is 9.09. The van der Waals surface area contributed by atoms with Gasteiger partial charge in [-0.15, -0.1) is 0 Å². The van der Waals surface area contributed by atoms with Crippen LogP contribution >= 0.6 is 0 Å². The molecule has 1 amide bonds. The van der Waals surface area contributed by atoms with Crippen molar-refractivity contribution in [3.8, 4) is 0 Å². The molecule has 0 fully saturated rings. The molecule has 36 heavy (non-hydrogen) atoms. The number of halogens is 2. The van der Waals surface area contributed by atoms with Gasteiger partial charge in [0.2, 0.25) is 0 Å². The van der Waals surface area contributed by atoms with E-state index in [9.17, 15) is 23.5 Å². The molecule has 0 bridgehead atoms. The van der Waals surface area contributed by atoms with Crippen LogP contribution in [0.3, 0.4) is 0 Å². The van der Waals surface area contributed by atoms with Crippen molar-refractivity contribution in [2.24, 2.45) is 0 Å². The molecular formula is C29H28F2N2O3. The molecule has 1 atom stereocenters. The summed E-state index contributed by atoms with van der Waals surface area (Å²) in [7, 11) is 0. The summed E-state index contributed by atoms with van der Waals surface area (Å²) in [4.78, 5) is 25.4. The number of fused-ring (bicyclic) bond motifs is 1. The molecule has 0 radical (unpaired) electrons. The lowest BCUT2D eigenvalue weighted by Gasteiger charge is -2.24. The van der Waals surface area contributed by atoms with Crippen LogP contribution in [-0.2, 0) is 6.54 Å². The SMILES string of the molecule is CCC(c1ccccc1)n1c(C(C)C)c(C(=O)NCc2ccc(F)c(F)c2)c2ccc(C(=O)O)cc21. The summed E-state index contributed by atoms with van der Waals surface area (Å²) >= 11 is 0. The number of rotatable bonds is 8. The van der Waals surface area contributed by atoms with Crippen LogP contribution in [0.5, 0.6) is 0 Å². The third-order valence-corrected chi connectivity index (χ3v) is 6.38. The molecule has 0 spiro atoms. The first-order chi connectivity index (χ1) is 17.2. The van der Waals surface area contributed by atoms with E-state index in [-0.39, 0.29) is 30.0 Å². The predicted molar refractivity (Wildman–Crippen MR) is 135 cm³/mol. The molecule has 0 saturated carbocycles. The number of aromatic carboxylic acids is 1. The van der Waals surface area contributed by atoms with Crippen LogP contribution in [0.1, 0.15) is 76.7 Å². The van der Waals surface area contributed by atoms with Gasteiger partial charge in [-0.1, -0.05) is 63.2 Å². The van der Waals surface area contributed by atoms with Crippen LogP contribution in [0, 0.1) is 11.6 Å². The molecule has 186 valence electrons. The lowest BCUT2D eigenvalue weighted by atomic mass is 10.00. The zero-order valence-corrected chi connectivity index (χ0v) is 20.4. The van der Waals surface area contributed by atoms with Gasteiger partial charge in [0.15, 0.2) is 11.6 Å². The van der Waals surface area contributed by atoms with Gasteiger partial charge in [0.05, 0.1) is 22.7 Å². The van der Waals surface area contributed by atoms with Crippen molar-refractivity contribution in [2.45, 2.75) is 45.7 Å². The van der Waals surface area contributed by atoms with E-state index in [1.165, 1.54) is 12.1 Å². The number of nitrogens with zero attached hydrogens (tertiary/aromatic N) is 1. The van der Waals surface area contributed by atoms with Crippen molar-refractivity contribution >= 4 is 22.8 Å². The average molecular weight is 491 g/mol. The highest BCUT2D eigenvalue weighted by atomic mass is 19.2. The minimum atomic E-state index is -1.05. The van der Waals surface area contributed by atoms with Gasteiger partial charge < -0.3 is 15.0 Å². The predicted octanol–water partition coefficient (Wildman–Crippen LogP) is 6.67. The highest BCUT2D eigenvalue weighted by Crippen LogP contribution is 2.38. The van der Waals surface area contributed by atoms with Crippen molar-refractivity contribution in [2.75, 3.05) is 0 Å². The van der Waals surface area contributed by atoms with E-state index < -0.39 is 17.6 Å². The molecule has 2 N–H and O–H groups in total. The number of carbonyl (C=O) groups excluding carboxylic acids is 1. The fraction of sp³-hybridized carbons (Fsp3) is 0.241. The van der Waals surface area contributed by atoms with E-state index in [0.717, 1.165) is 29.8 Å². The Kier molecular flexibility index (Phi) is 7.20. The number of carbonyl (C=O) groups is 2. The Balaban J connectivity index is 1.88.